The first-order chi connectivity index (χ1) is 10.7. The van der Waals surface area contributed by atoms with E-state index in [-0.39, 0.29) is 17.2 Å². The van der Waals surface area contributed by atoms with Crippen molar-refractivity contribution in [3.8, 4) is 0 Å². The van der Waals surface area contributed by atoms with Gasteiger partial charge in [-0.2, -0.15) is 5.10 Å². The van der Waals surface area contributed by atoms with Crippen LogP contribution in [0.1, 0.15) is 44.7 Å². The van der Waals surface area contributed by atoms with E-state index in [2.05, 4.69) is 50.1 Å². The van der Waals surface area contributed by atoms with Crippen LogP contribution in [0.2, 0.25) is 0 Å². The highest BCUT2D eigenvalue weighted by Gasteiger charge is 2.24. The Morgan fingerprint density at radius 1 is 1.22 bits per heavy atom. The molecular formula is C18H25N3O2. The zero-order valence-corrected chi connectivity index (χ0v) is 14.6. The molecule has 124 valence electrons. The predicted molar refractivity (Wildman–Crippen MR) is 91.1 cm³/mol. The Morgan fingerprint density at radius 2 is 1.83 bits per heavy atom. The van der Waals surface area contributed by atoms with Gasteiger partial charge in [0.25, 0.3) is 5.91 Å². The minimum Gasteiger partial charge on any atom is -0.336 e. The lowest BCUT2D eigenvalue weighted by Gasteiger charge is -2.23. The molecular weight excluding hydrogens is 290 g/mol. The maximum absolute atomic E-state index is 12.4. The van der Waals surface area contributed by atoms with Gasteiger partial charge >= 0.3 is 0 Å². The topological polar surface area (TPSA) is 53.0 Å². The maximum Gasteiger partial charge on any atom is 0.270 e. The fourth-order valence-electron chi connectivity index (χ4n) is 2.50. The Balaban J connectivity index is 2.04. The van der Waals surface area contributed by atoms with Crippen LogP contribution in [-0.4, -0.2) is 41.5 Å². The van der Waals surface area contributed by atoms with Crippen LogP contribution >= 0.6 is 0 Å². The molecule has 0 saturated heterocycles. The van der Waals surface area contributed by atoms with Gasteiger partial charge in [0.05, 0.1) is 0 Å². The number of carbonyl (C=O) groups is 2. The molecule has 0 spiro atoms. The third-order valence-corrected chi connectivity index (χ3v) is 4.04. The summed E-state index contributed by atoms with van der Waals surface area (Å²) in [5, 5.41) is 5.33. The Labute approximate surface area is 138 Å². The van der Waals surface area contributed by atoms with E-state index in [1.54, 1.807) is 19.0 Å². The van der Waals surface area contributed by atoms with Crippen molar-refractivity contribution < 1.29 is 9.59 Å². The summed E-state index contributed by atoms with van der Waals surface area (Å²) >= 11 is 0. The summed E-state index contributed by atoms with van der Waals surface area (Å²) in [5.41, 5.74) is 2.91. The number of benzene rings is 1. The minimum absolute atomic E-state index is 0.0537. The molecule has 0 bridgehead atoms. The molecule has 1 aliphatic rings. The van der Waals surface area contributed by atoms with Crippen molar-refractivity contribution in [3.05, 3.63) is 35.4 Å². The van der Waals surface area contributed by atoms with E-state index in [4.69, 9.17) is 0 Å². The van der Waals surface area contributed by atoms with E-state index in [1.807, 2.05) is 0 Å². The second-order valence-corrected chi connectivity index (χ2v) is 7.07. The lowest BCUT2D eigenvalue weighted by molar-refractivity contribution is -0.130. The van der Waals surface area contributed by atoms with Crippen molar-refractivity contribution in [2.45, 2.75) is 45.6 Å². The zero-order valence-electron chi connectivity index (χ0n) is 14.6. The summed E-state index contributed by atoms with van der Waals surface area (Å²) in [4.78, 5) is 25.5. The molecule has 5 heteroatoms. The fraction of sp³-hybridized carbons (Fsp3) is 0.500. The molecule has 0 unspecified atom stereocenters. The van der Waals surface area contributed by atoms with E-state index in [9.17, 15) is 9.59 Å². The average Bonchev–Trinajstić information content (AvgIpc) is 2.49. The maximum atomic E-state index is 12.4. The molecule has 0 radical (unpaired) electrons. The van der Waals surface area contributed by atoms with Gasteiger partial charge in [-0.25, -0.2) is 5.01 Å². The van der Waals surface area contributed by atoms with Crippen molar-refractivity contribution in [3.63, 3.8) is 0 Å². The number of hydrazone groups is 1. The van der Waals surface area contributed by atoms with E-state index in [0.29, 0.717) is 25.1 Å². The molecule has 0 aromatic heterocycles. The summed E-state index contributed by atoms with van der Waals surface area (Å²) in [6.45, 7) is 7.06. The second-order valence-electron chi connectivity index (χ2n) is 7.07. The van der Waals surface area contributed by atoms with Crippen molar-refractivity contribution in [2.75, 3.05) is 14.1 Å². The Kier molecular flexibility index (Phi) is 4.88. The molecule has 5 nitrogen and oxygen atoms in total. The van der Waals surface area contributed by atoms with Gasteiger partial charge in [0.15, 0.2) is 0 Å². The third kappa shape index (κ3) is 4.18. The molecule has 0 saturated carbocycles. The van der Waals surface area contributed by atoms with Crippen LogP contribution in [0.15, 0.2) is 29.4 Å². The molecule has 0 aliphatic carbocycles. The summed E-state index contributed by atoms with van der Waals surface area (Å²) in [5.74, 6) is -0.175. The first-order valence-corrected chi connectivity index (χ1v) is 7.87. The molecule has 0 N–H and O–H groups in total. The lowest BCUT2D eigenvalue weighted by atomic mass is 9.87. The summed E-state index contributed by atoms with van der Waals surface area (Å²) in [6.07, 6.45) is 0.754. The quantitative estimate of drug-likeness (QED) is 0.861. The standard InChI is InChI=1S/C18H25N3O2/c1-18(2,3)14-8-6-13(7-9-14)12-20(4)17(23)15-10-11-16(22)21(5)19-15/h6-9H,10-12H2,1-5H3. The van der Waals surface area contributed by atoms with Crippen LogP contribution in [-0.2, 0) is 21.5 Å². The summed E-state index contributed by atoms with van der Waals surface area (Å²) in [7, 11) is 3.35. The monoisotopic (exact) mass is 315 g/mol. The molecule has 2 rings (SSSR count). The number of carbonyl (C=O) groups excluding carboxylic acids is 2. The minimum atomic E-state index is -0.121. The van der Waals surface area contributed by atoms with Crippen LogP contribution < -0.4 is 0 Å². The second kappa shape index (κ2) is 6.52. The third-order valence-electron chi connectivity index (χ3n) is 4.04. The smallest absolute Gasteiger partial charge is 0.270 e. The molecule has 23 heavy (non-hydrogen) atoms. The normalized spacial score (nSPS) is 15.4. The molecule has 1 aromatic carbocycles. The van der Waals surface area contributed by atoms with Gasteiger partial charge in [0, 0.05) is 33.5 Å². The summed E-state index contributed by atoms with van der Waals surface area (Å²) < 4.78 is 0. The van der Waals surface area contributed by atoms with E-state index < -0.39 is 0 Å². The molecule has 1 heterocycles. The van der Waals surface area contributed by atoms with Crippen LogP contribution in [0.3, 0.4) is 0 Å². The largest absolute Gasteiger partial charge is 0.336 e. The van der Waals surface area contributed by atoms with Crippen LogP contribution in [0.5, 0.6) is 0 Å². The van der Waals surface area contributed by atoms with Gasteiger partial charge in [-0.15, -0.1) is 0 Å². The highest BCUT2D eigenvalue weighted by Crippen LogP contribution is 2.22. The van der Waals surface area contributed by atoms with Crippen molar-refractivity contribution in [2.24, 2.45) is 5.10 Å². The molecule has 2 amide bonds. The van der Waals surface area contributed by atoms with Crippen LogP contribution in [0.25, 0.3) is 0 Å². The Bertz CT molecular complexity index is 627. The van der Waals surface area contributed by atoms with Gasteiger partial charge < -0.3 is 4.90 Å². The molecule has 1 aromatic rings. The highest BCUT2D eigenvalue weighted by atomic mass is 16.2. The van der Waals surface area contributed by atoms with Gasteiger partial charge in [-0.1, -0.05) is 45.0 Å². The molecule has 0 fully saturated rings. The van der Waals surface area contributed by atoms with Crippen molar-refractivity contribution in [1.29, 1.82) is 0 Å². The zero-order chi connectivity index (χ0) is 17.2. The highest BCUT2D eigenvalue weighted by molar-refractivity contribution is 6.39. The van der Waals surface area contributed by atoms with E-state index in [1.165, 1.54) is 10.6 Å². The van der Waals surface area contributed by atoms with Gasteiger partial charge in [0.2, 0.25) is 5.91 Å². The molecule has 0 atom stereocenters. The Hall–Kier alpha value is -2.17. The number of nitrogens with zero attached hydrogens (tertiary/aromatic N) is 3. The number of hydrogen-bond acceptors (Lipinski definition) is 3. The number of rotatable bonds is 3. The first kappa shape index (κ1) is 17.2. The molecule has 1 aliphatic heterocycles. The van der Waals surface area contributed by atoms with Crippen molar-refractivity contribution in [1.82, 2.24) is 9.91 Å². The van der Waals surface area contributed by atoms with Crippen molar-refractivity contribution >= 4 is 17.5 Å². The first-order valence-electron chi connectivity index (χ1n) is 7.87. The fourth-order valence-corrected chi connectivity index (χ4v) is 2.50. The predicted octanol–water partition coefficient (Wildman–Crippen LogP) is 2.55. The lowest BCUT2D eigenvalue weighted by Crippen LogP contribution is -2.38. The SMILES string of the molecule is CN(Cc1ccc(C(C)(C)C)cc1)C(=O)C1=NN(C)C(=O)CC1. The average molecular weight is 315 g/mol. The number of hydrogen-bond donors (Lipinski definition) is 0. The summed E-state index contributed by atoms with van der Waals surface area (Å²) in [6, 6.07) is 8.34. The van der Waals surface area contributed by atoms with Gasteiger partial charge in [0.1, 0.15) is 5.71 Å². The van der Waals surface area contributed by atoms with Crippen LogP contribution in [0.4, 0.5) is 0 Å². The van der Waals surface area contributed by atoms with E-state index in [0.717, 1.165) is 5.56 Å². The van der Waals surface area contributed by atoms with Gasteiger partial charge in [-0.3, -0.25) is 9.59 Å². The number of amides is 2. The van der Waals surface area contributed by atoms with Gasteiger partial charge in [-0.05, 0) is 16.5 Å². The van der Waals surface area contributed by atoms with E-state index >= 15 is 0 Å². The Morgan fingerprint density at radius 3 is 2.35 bits per heavy atom. The van der Waals surface area contributed by atoms with Crippen LogP contribution in [0, 0.1) is 0 Å².